The molecule has 6 heteroatoms. The second-order valence-corrected chi connectivity index (χ2v) is 7.46. The molecule has 2 aromatic carbocycles. The van der Waals surface area contributed by atoms with E-state index < -0.39 is 15.7 Å². The van der Waals surface area contributed by atoms with Crippen molar-refractivity contribution < 1.29 is 17.6 Å². The van der Waals surface area contributed by atoms with Gasteiger partial charge in [0.15, 0.2) is 9.84 Å². The highest BCUT2D eigenvalue weighted by atomic mass is 32.2. The van der Waals surface area contributed by atoms with Gasteiger partial charge in [0, 0.05) is 12.7 Å². The number of hydrogen-bond donors (Lipinski definition) is 1. The molecule has 0 radical (unpaired) electrons. The molecule has 0 saturated heterocycles. The zero-order chi connectivity index (χ0) is 17.0. The Labute approximate surface area is 135 Å². The van der Waals surface area contributed by atoms with Crippen LogP contribution >= 0.6 is 0 Å². The smallest absolute Gasteiger partial charge is 0.224 e. The molecule has 0 aliphatic rings. The van der Waals surface area contributed by atoms with E-state index in [-0.39, 0.29) is 22.9 Å². The molecule has 0 aliphatic heterocycles. The highest BCUT2D eigenvalue weighted by Crippen LogP contribution is 2.20. The summed E-state index contributed by atoms with van der Waals surface area (Å²) >= 11 is 0. The van der Waals surface area contributed by atoms with Gasteiger partial charge in [-0.2, -0.15) is 0 Å². The summed E-state index contributed by atoms with van der Waals surface area (Å²) in [5.74, 6) is -1.03. The number of anilines is 1. The maximum absolute atomic E-state index is 13.7. The lowest BCUT2D eigenvalue weighted by atomic mass is 10.1. The number of benzene rings is 2. The lowest BCUT2D eigenvalue weighted by Crippen LogP contribution is -2.14. The molecule has 0 bridgehead atoms. The van der Waals surface area contributed by atoms with E-state index in [1.54, 1.807) is 0 Å². The van der Waals surface area contributed by atoms with Crippen molar-refractivity contribution in [2.45, 2.75) is 24.7 Å². The summed E-state index contributed by atoms with van der Waals surface area (Å²) in [7, 11) is -3.46. The quantitative estimate of drug-likeness (QED) is 0.854. The van der Waals surface area contributed by atoms with Gasteiger partial charge in [-0.15, -0.1) is 0 Å². The minimum atomic E-state index is -3.46. The van der Waals surface area contributed by atoms with Crippen molar-refractivity contribution in [1.29, 1.82) is 0 Å². The molecule has 0 spiro atoms. The third-order valence-electron chi connectivity index (χ3n) is 3.40. The van der Waals surface area contributed by atoms with E-state index in [4.69, 9.17) is 0 Å². The van der Waals surface area contributed by atoms with Crippen molar-refractivity contribution in [3.8, 4) is 0 Å². The number of carbonyl (C=O) groups excluding carboxylic acids is 1. The van der Waals surface area contributed by atoms with Gasteiger partial charge < -0.3 is 5.32 Å². The lowest BCUT2D eigenvalue weighted by molar-refractivity contribution is -0.116. The van der Waals surface area contributed by atoms with Gasteiger partial charge in [0.05, 0.1) is 10.6 Å². The first kappa shape index (κ1) is 17.1. The summed E-state index contributed by atoms with van der Waals surface area (Å²) < 4.78 is 36.7. The predicted molar refractivity (Wildman–Crippen MR) is 87.6 cm³/mol. The van der Waals surface area contributed by atoms with Gasteiger partial charge in [0.2, 0.25) is 5.91 Å². The van der Waals surface area contributed by atoms with Crippen molar-refractivity contribution in [3.05, 3.63) is 59.4 Å². The molecule has 122 valence electrons. The fourth-order valence-corrected chi connectivity index (χ4v) is 2.70. The monoisotopic (exact) mass is 335 g/mol. The van der Waals surface area contributed by atoms with Crippen LogP contribution in [0.4, 0.5) is 10.1 Å². The summed E-state index contributed by atoms with van der Waals surface area (Å²) in [6, 6.07) is 11.1. The molecule has 4 nitrogen and oxygen atoms in total. The van der Waals surface area contributed by atoms with Gasteiger partial charge >= 0.3 is 0 Å². The van der Waals surface area contributed by atoms with E-state index >= 15 is 0 Å². The summed E-state index contributed by atoms with van der Waals surface area (Å²) in [4.78, 5) is 11.9. The second kappa shape index (κ2) is 6.91. The van der Waals surface area contributed by atoms with Crippen LogP contribution in [0.3, 0.4) is 0 Å². The van der Waals surface area contributed by atoms with Crippen LogP contribution in [0.25, 0.3) is 0 Å². The first-order valence-corrected chi connectivity index (χ1v) is 9.00. The van der Waals surface area contributed by atoms with Crippen molar-refractivity contribution in [2.24, 2.45) is 0 Å². The average Bonchev–Trinajstić information content (AvgIpc) is 2.48. The van der Waals surface area contributed by atoms with Crippen molar-refractivity contribution in [3.63, 3.8) is 0 Å². The van der Waals surface area contributed by atoms with Gasteiger partial charge in [0.1, 0.15) is 5.82 Å². The van der Waals surface area contributed by atoms with Crippen LogP contribution in [0.1, 0.15) is 17.5 Å². The van der Waals surface area contributed by atoms with Crippen LogP contribution in [-0.4, -0.2) is 20.6 Å². The van der Waals surface area contributed by atoms with E-state index in [0.717, 1.165) is 29.5 Å². The fourth-order valence-electron chi connectivity index (χ4n) is 2.06. The summed E-state index contributed by atoms with van der Waals surface area (Å²) in [5, 5.41) is 2.43. The van der Waals surface area contributed by atoms with Gasteiger partial charge in [0.25, 0.3) is 0 Å². The molecule has 0 atom stereocenters. The van der Waals surface area contributed by atoms with Crippen molar-refractivity contribution >= 4 is 21.4 Å². The molecule has 2 aromatic rings. The van der Waals surface area contributed by atoms with Crippen molar-refractivity contribution in [1.82, 2.24) is 0 Å². The van der Waals surface area contributed by atoms with Gasteiger partial charge in [-0.3, -0.25) is 4.79 Å². The maximum atomic E-state index is 13.7. The molecule has 0 aliphatic carbocycles. The molecule has 1 N–H and O–H groups in total. The Hall–Kier alpha value is -2.21. The maximum Gasteiger partial charge on any atom is 0.224 e. The van der Waals surface area contributed by atoms with Crippen molar-refractivity contribution in [2.75, 3.05) is 11.6 Å². The molecule has 2 rings (SSSR count). The second-order valence-electron chi connectivity index (χ2n) is 5.45. The number of rotatable bonds is 5. The first-order chi connectivity index (χ1) is 10.8. The molecule has 23 heavy (non-hydrogen) atoms. The number of sulfone groups is 1. The number of aryl methyl sites for hydroxylation is 2. The minimum Gasteiger partial charge on any atom is -0.324 e. The Morgan fingerprint density at radius 2 is 1.78 bits per heavy atom. The van der Waals surface area contributed by atoms with Crippen LogP contribution in [-0.2, 0) is 21.1 Å². The molecule has 0 aromatic heterocycles. The largest absolute Gasteiger partial charge is 0.324 e. The standard InChI is InChI=1S/C17H18FNO3S/c1-12-3-5-13(6-4-12)7-10-17(20)19-16-11-14(23(2,21)22)8-9-15(16)18/h3-6,8-9,11H,7,10H2,1-2H3,(H,19,20). The summed E-state index contributed by atoms with van der Waals surface area (Å²) in [6.07, 6.45) is 1.74. The van der Waals surface area contributed by atoms with Crippen LogP contribution < -0.4 is 5.32 Å². The third kappa shape index (κ3) is 4.89. The molecule has 1 amide bonds. The normalized spacial score (nSPS) is 11.3. The number of halogens is 1. The predicted octanol–water partition coefficient (Wildman–Crippen LogP) is 3.11. The summed E-state index contributed by atoms with van der Waals surface area (Å²) in [6.45, 7) is 1.98. The SMILES string of the molecule is Cc1ccc(CCC(=O)Nc2cc(S(C)(=O)=O)ccc2F)cc1. The summed E-state index contributed by atoms with van der Waals surface area (Å²) in [5.41, 5.74) is 2.02. The molecule has 0 fully saturated rings. The highest BCUT2D eigenvalue weighted by Gasteiger charge is 2.13. The van der Waals surface area contributed by atoms with Crippen LogP contribution in [0.15, 0.2) is 47.4 Å². The van der Waals surface area contributed by atoms with E-state index in [1.165, 1.54) is 6.07 Å². The zero-order valence-corrected chi connectivity index (χ0v) is 13.8. The third-order valence-corrected chi connectivity index (χ3v) is 4.51. The Morgan fingerprint density at radius 1 is 1.13 bits per heavy atom. The van der Waals surface area contributed by atoms with E-state index in [9.17, 15) is 17.6 Å². The number of amides is 1. The zero-order valence-electron chi connectivity index (χ0n) is 13.0. The molecule has 0 heterocycles. The van der Waals surface area contributed by atoms with Gasteiger partial charge in [-0.1, -0.05) is 29.8 Å². The lowest BCUT2D eigenvalue weighted by Gasteiger charge is -2.08. The molecule has 0 saturated carbocycles. The van der Waals surface area contributed by atoms with Crippen LogP contribution in [0, 0.1) is 12.7 Å². The molecular weight excluding hydrogens is 317 g/mol. The number of hydrogen-bond acceptors (Lipinski definition) is 3. The number of carbonyl (C=O) groups is 1. The van der Waals surface area contributed by atoms with Gasteiger partial charge in [-0.05, 0) is 37.1 Å². The fraction of sp³-hybridized carbons (Fsp3) is 0.235. The first-order valence-electron chi connectivity index (χ1n) is 7.11. The van der Waals surface area contributed by atoms with Crippen LogP contribution in [0.5, 0.6) is 0 Å². The average molecular weight is 335 g/mol. The van der Waals surface area contributed by atoms with Gasteiger partial charge in [-0.25, -0.2) is 12.8 Å². The Kier molecular flexibility index (Phi) is 5.15. The highest BCUT2D eigenvalue weighted by molar-refractivity contribution is 7.90. The Morgan fingerprint density at radius 3 is 2.39 bits per heavy atom. The Balaban J connectivity index is 2.04. The number of nitrogens with one attached hydrogen (secondary N) is 1. The molecular formula is C17H18FNO3S. The minimum absolute atomic E-state index is 0.0345. The van der Waals surface area contributed by atoms with E-state index in [0.29, 0.717) is 6.42 Å². The topological polar surface area (TPSA) is 63.2 Å². The van der Waals surface area contributed by atoms with E-state index in [2.05, 4.69) is 5.32 Å². The van der Waals surface area contributed by atoms with Crippen LogP contribution in [0.2, 0.25) is 0 Å². The van der Waals surface area contributed by atoms with E-state index in [1.807, 2.05) is 31.2 Å². The Bertz CT molecular complexity index is 814. The molecule has 0 unspecified atom stereocenters.